The zero-order valence-electron chi connectivity index (χ0n) is 10.9. The van der Waals surface area contributed by atoms with Gasteiger partial charge in [0.25, 0.3) is 0 Å². The van der Waals surface area contributed by atoms with Crippen LogP contribution in [0.25, 0.3) is 0 Å². The monoisotopic (exact) mass is 281 g/mol. The Morgan fingerprint density at radius 3 is 3.00 bits per heavy atom. The topological polar surface area (TPSA) is 81.0 Å². The van der Waals surface area contributed by atoms with Crippen LogP contribution in [0.1, 0.15) is 36.0 Å². The van der Waals surface area contributed by atoms with E-state index in [9.17, 15) is 4.79 Å². The van der Waals surface area contributed by atoms with E-state index in [-0.39, 0.29) is 17.3 Å². The number of hydrogen-bond donors (Lipinski definition) is 2. The number of aromatic amines is 1. The first-order chi connectivity index (χ1) is 9.20. The van der Waals surface area contributed by atoms with E-state index < -0.39 is 0 Å². The van der Waals surface area contributed by atoms with Gasteiger partial charge in [0.05, 0.1) is 17.4 Å². The van der Waals surface area contributed by atoms with E-state index in [1.54, 1.807) is 0 Å². The number of hydrogen-bond acceptors (Lipinski definition) is 5. The minimum absolute atomic E-state index is 0.0248. The first kappa shape index (κ1) is 13.0. The van der Waals surface area contributed by atoms with Crippen molar-refractivity contribution in [3.63, 3.8) is 0 Å². The maximum atomic E-state index is 12.5. The zero-order valence-corrected chi connectivity index (χ0v) is 11.7. The number of aromatic nitrogens is 2. The number of ketones is 1. The molecule has 2 aliphatic heterocycles. The molecule has 0 radical (unpaired) electrons. The molecule has 1 unspecified atom stereocenters. The molecule has 2 saturated heterocycles. The normalized spacial score (nSPS) is 26.4. The Morgan fingerprint density at radius 2 is 2.32 bits per heavy atom. The highest BCUT2D eigenvalue weighted by molar-refractivity contribution is 7.99. The number of nitrogen functional groups attached to an aromatic ring is 1. The summed E-state index contributed by atoms with van der Waals surface area (Å²) in [5.74, 6) is 2.79. The molecule has 104 valence electrons. The Bertz CT molecular complexity index is 463. The second kappa shape index (κ2) is 5.17. The zero-order chi connectivity index (χ0) is 13.3. The fraction of sp³-hybridized carbons (Fsp3) is 0.692. The SMILES string of the molecule is Nc1[nH]ncc1C(=O)C1CCOC2(CCSCC2)C1. The van der Waals surface area contributed by atoms with E-state index >= 15 is 0 Å². The van der Waals surface area contributed by atoms with Gasteiger partial charge in [-0.15, -0.1) is 0 Å². The van der Waals surface area contributed by atoms with Gasteiger partial charge in [-0.3, -0.25) is 9.89 Å². The van der Waals surface area contributed by atoms with Gasteiger partial charge in [-0.25, -0.2) is 0 Å². The van der Waals surface area contributed by atoms with Crippen molar-refractivity contribution in [2.75, 3.05) is 23.8 Å². The van der Waals surface area contributed by atoms with Crippen molar-refractivity contribution in [3.8, 4) is 0 Å². The van der Waals surface area contributed by atoms with Crippen molar-refractivity contribution >= 4 is 23.4 Å². The van der Waals surface area contributed by atoms with Gasteiger partial charge in [0.2, 0.25) is 0 Å². The van der Waals surface area contributed by atoms with Crippen LogP contribution in [0.15, 0.2) is 6.20 Å². The molecular formula is C13H19N3O2S. The molecule has 0 amide bonds. The van der Waals surface area contributed by atoms with Crippen LogP contribution < -0.4 is 5.73 Å². The first-order valence-corrected chi connectivity index (χ1v) is 7.90. The van der Waals surface area contributed by atoms with Crippen molar-refractivity contribution < 1.29 is 9.53 Å². The lowest BCUT2D eigenvalue weighted by Crippen LogP contribution is -2.44. The third kappa shape index (κ3) is 2.51. The van der Waals surface area contributed by atoms with Crippen LogP contribution in [0.4, 0.5) is 5.82 Å². The molecule has 1 aromatic heterocycles. The van der Waals surface area contributed by atoms with Crippen molar-refractivity contribution in [1.82, 2.24) is 10.2 Å². The van der Waals surface area contributed by atoms with Gasteiger partial charge in [-0.1, -0.05) is 0 Å². The van der Waals surface area contributed by atoms with Gasteiger partial charge < -0.3 is 10.5 Å². The van der Waals surface area contributed by atoms with E-state index in [0.717, 1.165) is 37.2 Å². The molecule has 0 saturated carbocycles. The molecule has 1 spiro atoms. The maximum absolute atomic E-state index is 12.5. The molecule has 2 aliphatic rings. The molecule has 5 nitrogen and oxygen atoms in total. The van der Waals surface area contributed by atoms with Crippen molar-refractivity contribution in [1.29, 1.82) is 0 Å². The number of thioether (sulfide) groups is 1. The highest BCUT2D eigenvalue weighted by atomic mass is 32.2. The highest BCUT2D eigenvalue weighted by Gasteiger charge is 2.41. The van der Waals surface area contributed by atoms with Crippen molar-refractivity contribution in [3.05, 3.63) is 11.8 Å². The van der Waals surface area contributed by atoms with E-state index in [1.165, 1.54) is 6.20 Å². The van der Waals surface area contributed by atoms with Crippen LogP contribution in [0.2, 0.25) is 0 Å². The van der Waals surface area contributed by atoms with Gasteiger partial charge in [-0.05, 0) is 37.2 Å². The number of rotatable bonds is 2. The van der Waals surface area contributed by atoms with Gasteiger partial charge in [0.1, 0.15) is 5.82 Å². The molecule has 1 atom stereocenters. The number of ether oxygens (including phenoxy) is 1. The van der Waals surface area contributed by atoms with E-state index in [4.69, 9.17) is 10.5 Å². The number of nitrogens with zero attached hydrogens (tertiary/aromatic N) is 1. The van der Waals surface area contributed by atoms with E-state index in [1.807, 2.05) is 11.8 Å². The van der Waals surface area contributed by atoms with Gasteiger partial charge in [0.15, 0.2) is 5.78 Å². The van der Waals surface area contributed by atoms with Crippen LogP contribution >= 0.6 is 11.8 Å². The summed E-state index contributed by atoms with van der Waals surface area (Å²) in [4.78, 5) is 12.5. The van der Waals surface area contributed by atoms with Gasteiger partial charge >= 0.3 is 0 Å². The summed E-state index contributed by atoms with van der Waals surface area (Å²) >= 11 is 1.97. The number of H-pyrrole nitrogens is 1. The number of anilines is 1. The van der Waals surface area contributed by atoms with Crippen LogP contribution in [0.3, 0.4) is 0 Å². The fourth-order valence-corrected chi connectivity index (χ4v) is 4.29. The maximum Gasteiger partial charge on any atom is 0.171 e. The smallest absolute Gasteiger partial charge is 0.171 e. The second-order valence-corrected chi connectivity index (χ2v) is 6.62. The summed E-state index contributed by atoms with van der Waals surface area (Å²) in [5.41, 5.74) is 6.21. The Morgan fingerprint density at radius 1 is 1.53 bits per heavy atom. The van der Waals surface area contributed by atoms with Gasteiger partial charge in [0, 0.05) is 12.5 Å². The number of Topliss-reactive ketones (excluding diaryl/α,β-unsaturated/α-hetero) is 1. The van der Waals surface area contributed by atoms with Crippen LogP contribution in [0.5, 0.6) is 0 Å². The van der Waals surface area contributed by atoms with Crippen LogP contribution in [0, 0.1) is 5.92 Å². The molecule has 6 heteroatoms. The average Bonchev–Trinajstić information content (AvgIpc) is 2.85. The standard InChI is InChI=1S/C13H19N3O2S/c14-12-10(8-15-16-12)11(17)9-1-4-18-13(7-9)2-5-19-6-3-13/h8-9H,1-7H2,(H3,14,15,16). The minimum atomic E-state index is -0.0671. The molecule has 2 fully saturated rings. The number of nitrogens with one attached hydrogen (secondary N) is 1. The summed E-state index contributed by atoms with van der Waals surface area (Å²) in [7, 11) is 0. The molecular weight excluding hydrogens is 262 g/mol. The van der Waals surface area contributed by atoms with Crippen molar-refractivity contribution in [2.45, 2.75) is 31.3 Å². The second-order valence-electron chi connectivity index (χ2n) is 5.40. The Kier molecular flexibility index (Phi) is 3.54. The molecule has 1 aromatic rings. The molecule has 3 heterocycles. The van der Waals surface area contributed by atoms with E-state index in [2.05, 4.69) is 10.2 Å². The molecule has 3 N–H and O–H groups in total. The molecule has 0 bridgehead atoms. The fourth-order valence-electron chi connectivity index (χ4n) is 3.06. The first-order valence-electron chi connectivity index (χ1n) is 6.75. The predicted molar refractivity (Wildman–Crippen MR) is 75.3 cm³/mol. The average molecular weight is 281 g/mol. The van der Waals surface area contributed by atoms with Gasteiger partial charge in [-0.2, -0.15) is 16.9 Å². The lowest BCUT2D eigenvalue weighted by molar-refractivity contribution is -0.0959. The highest BCUT2D eigenvalue weighted by Crippen LogP contribution is 2.40. The number of carbonyl (C=O) groups excluding carboxylic acids is 1. The number of nitrogens with two attached hydrogens (primary N) is 1. The summed E-state index contributed by atoms with van der Waals surface area (Å²) < 4.78 is 6.01. The minimum Gasteiger partial charge on any atom is -0.383 e. The number of carbonyl (C=O) groups is 1. The third-order valence-electron chi connectivity index (χ3n) is 4.20. The Balaban J connectivity index is 1.74. The molecule has 0 aromatic carbocycles. The lowest BCUT2D eigenvalue weighted by Gasteiger charge is -2.42. The van der Waals surface area contributed by atoms with Crippen molar-refractivity contribution in [2.24, 2.45) is 5.92 Å². The lowest BCUT2D eigenvalue weighted by atomic mass is 9.79. The van der Waals surface area contributed by atoms with Crippen LogP contribution in [-0.2, 0) is 4.74 Å². The Hall–Kier alpha value is -1.01. The largest absolute Gasteiger partial charge is 0.383 e. The summed E-state index contributed by atoms with van der Waals surface area (Å²) in [6.45, 7) is 0.679. The molecule has 0 aliphatic carbocycles. The quantitative estimate of drug-likeness (QED) is 0.809. The molecule has 19 heavy (non-hydrogen) atoms. The van der Waals surface area contributed by atoms with E-state index in [0.29, 0.717) is 18.0 Å². The Labute approximate surface area is 116 Å². The molecule has 3 rings (SSSR count). The summed E-state index contributed by atoms with van der Waals surface area (Å²) in [6.07, 6.45) is 5.27. The summed E-state index contributed by atoms with van der Waals surface area (Å²) in [6, 6.07) is 0. The third-order valence-corrected chi connectivity index (χ3v) is 5.19. The predicted octanol–water partition coefficient (Wildman–Crippen LogP) is 1.87. The summed E-state index contributed by atoms with van der Waals surface area (Å²) in [5, 5.41) is 6.47. The van der Waals surface area contributed by atoms with Crippen LogP contribution in [-0.4, -0.2) is 39.7 Å².